The first-order chi connectivity index (χ1) is 10.8. The highest BCUT2D eigenvalue weighted by atomic mass is 32.3. The van der Waals surface area contributed by atoms with E-state index in [0.29, 0.717) is 5.56 Å². The van der Waals surface area contributed by atoms with E-state index in [9.17, 15) is 18.3 Å². The van der Waals surface area contributed by atoms with Crippen molar-refractivity contribution in [1.29, 1.82) is 0 Å². The summed E-state index contributed by atoms with van der Waals surface area (Å²) in [6, 6.07) is 12.0. The zero-order valence-electron chi connectivity index (χ0n) is 11.5. The van der Waals surface area contributed by atoms with Gasteiger partial charge in [0.25, 0.3) is 0 Å². The van der Waals surface area contributed by atoms with Crippen molar-refractivity contribution in [3.05, 3.63) is 58.8 Å². The summed E-state index contributed by atoms with van der Waals surface area (Å²) < 4.78 is 40.4. The number of aromatic hydroxyl groups is 1. The molecule has 2 N–H and O–H groups in total. The average molecular weight is 334 g/mol. The molecular formula is C15H10O7S. The molecule has 0 aliphatic rings. The Kier molecular flexibility index (Phi) is 3.55. The molecule has 0 spiro atoms. The van der Waals surface area contributed by atoms with Crippen LogP contribution in [0.15, 0.2) is 57.7 Å². The van der Waals surface area contributed by atoms with Crippen molar-refractivity contribution in [1.82, 2.24) is 0 Å². The third-order valence-electron chi connectivity index (χ3n) is 3.03. The van der Waals surface area contributed by atoms with E-state index in [1.54, 1.807) is 30.3 Å². The molecule has 8 heteroatoms. The van der Waals surface area contributed by atoms with Crippen LogP contribution in [0.4, 0.5) is 0 Å². The summed E-state index contributed by atoms with van der Waals surface area (Å²) in [6.07, 6.45) is 0. The van der Waals surface area contributed by atoms with Gasteiger partial charge in [0.1, 0.15) is 22.5 Å². The van der Waals surface area contributed by atoms with Crippen LogP contribution in [0.2, 0.25) is 0 Å². The molecule has 3 rings (SSSR count). The largest absolute Gasteiger partial charge is 0.508 e. The van der Waals surface area contributed by atoms with Crippen LogP contribution in [-0.2, 0) is 10.4 Å². The van der Waals surface area contributed by atoms with Crippen molar-refractivity contribution in [2.75, 3.05) is 0 Å². The van der Waals surface area contributed by atoms with Crippen LogP contribution in [0.25, 0.3) is 22.3 Å². The van der Waals surface area contributed by atoms with Gasteiger partial charge < -0.3 is 13.7 Å². The predicted octanol–water partition coefficient (Wildman–Crippen LogP) is 2.35. The molecule has 0 radical (unpaired) electrons. The molecule has 1 aromatic heterocycles. The van der Waals surface area contributed by atoms with Gasteiger partial charge in [-0.05, 0) is 0 Å². The Labute approximate surface area is 130 Å². The van der Waals surface area contributed by atoms with Crippen LogP contribution >= 0.6 is 0 Å². The Balaban J connectivity index is 2.29. The molecule has 0 unspecified atom stereocenters. The van der Waals surface area contributed by atoms with E-state index >= 15 is 0 Å². The Hall–Kier alpha value is -2.84. The summed E-state index contributed by atoms with van der Waals surface area (Å²) in [6.45, 7) is 0. The van der Waals surface area contributed by atoms with Crippen molar-refractivity contribution in [3.63, 3.8) is 0 Å². The smallest absolute Gasteiger partial charge is 0.446 e. The van der Waals surface area contributed by atoms with Crippen molar-refractivity contribution >= 4 is 21.4 Å². The average Bonchev–Trinajstić information content (AvgIpc) is 2.45. The number of hydrogen-bond acceptors (Lipinski definition) is 6. The molecule has 3 aromatic rings. The molecule has 2 aromatic carbocycles. The minimum Gasteiger partial charge on any atom is -0.508 e. The van der Waals surface area contributed by atoms with Gasteiger partial charge in [-0.15, -0.1) is 0 Å². The highest BCUT2D eigenvalue weighted by Gasteiger charge is 2.17. The van der Waals surface area contributed by atoms with E-state index in [2.05, 4.69) is 4.18 Å². The number of fused-ring (bicyclic) bond motifs is 1. The Bertz CT molecular complexity index is 1040. The molecule has 23 heavy (non-hydrogen) atoms. The van der Waals surface area contributed by atoms with E-state index < -0.39 is 21.6 Å². The molecule has 0 amide bonds. The van der Waals surface area contributed by atoms with Crippen molar-refractivity contribution < 1.29 is 26.7 Å². The standard InChI is InChI=1S/C15H10O7S/c16-10-6-13-15(14(7-10)22-23(18,19)20)11(17)8-12(21-13)9-4-2-1-3-5-9/h1-8,16H,(H,18,19,20). The first-order valence-corrected chi connectivity index (χ1v) is 7.73. The van der Waals surface area contributed by atoms with Gasteiger partial charge in [-0.1, -0.05) is 30.3 Å². The lowest BCUT2D eigenvalue weighted by atomic mass is 10.1. The fraction of sp³-hybridized carbons (Fsp3) is 0. The number of rotatable bonds is 3. The van der Waals surface area contributed by atoms with Crippen LogP contribution in [0.5, 0.6) is 11.5 Å². The summed E-state index contributed by atoms with van der Waals surface area (Å²) in [4.78, 5) is 12.3. The highest BCUT2D eigenvalue weighted by Crippen LogP contribution is 2.31. The zero-order valence-corrected chi connectivity index (χ0v) is 12.3. The molecule has 7 nitrogen and oxygen atoms in total. The van der Waals surface area contributed by atoms with E-state index in [0.717, 1.165) is 12.1 Å². The first-order valence-electron chi connectivity index (χ1n) is 6.37. The van der Waals surface area contributed by atoms with E-state index in [1.165, 1.54) is 6.07 Å². The van der Waals surface area contributed by atoms with Crippen molar-refractivity contribution in [2.45, 2.75) is 0 Å². The second-order valence-electron chi connectivity index (χ2n) is 4.67. The molecule has 0 bridgehead atoms. The predicted molar refractivity (Wildman–Crippen MR) is 81.8 cm³/mol. The Morgan fingerprint density at radius 3 is 2.39 bits per heavy atom. The topological polar surface area (TPSA) is 114 Å². The van der Waals surface area contributed by atoms with E-state index in [1.807, 2.05) is 0 Å². The molecule has 0 saturated heterocycles. The summed E-state index contributed by atoms with van der Waals surface area (Å²) >= 11 is 0. The molecule has 0 fully saturated rings. The lowest BCUT2D eigenvalue weighted by Gasteiger charge is -2.08. The first kappa shape index (κ1) is 15.1. The monoisotopic (exact) mass is 334 g/mol. The third kappa shape index (κ3) is 3.17. The van der Waals surface area contributed by atoms with Gasteiger partial charge in [0.05, 0.1) is 0 Å². The van der Waals surface area contributed by atoms with Gasteiger partial charge in [-0.3, -0.25) is 9.35 Å². The Morgan fingerprint density at radius 2 is 1.74 bits per heavy atom. The van der Waals surface area contributed by atoms with Crippen LogP contribution in [-0.4, -0.2) is 18.1 Å². The summed E-state index contributed by atoms with van der Waals surface area (Å²) in [5, 5.41) is 9.43. The van der Waals surface area contributed by atoms with E-state index in [-0.39, 0.29) is 22.5 Å². The molecular weight excluding hydrogens is 324 g/mol. The fourth-order valence-electron chi connectivity index (χ4n) is 2.16. The van der Waals surface area contributed by atoms with Gasteiger partial charge in [-0.25, -0.2) is 0 Å². The Morgan fingerprint density at radius 1 is 1.04 bits per heavy atom. The SMILES string of the molecule is O=c1cc(-c2ccccc2)oc2cc(O)cc(OS(=O)(=O)O)c12. The number of hydrogen-bond donors (Lipinski definition) is 2. The van der Waals surface area contributed by atoms with Gasteiger partial charge >= 0.3 is 10.4 Å². The molecule has 0 atom stereocenters. The van der Waals surface area contributed by atoms with Crippen LogP contribution in [0.1, 0.15) is 0 Å². The van der Waals surface area contributed by atoms with Gasteiger partial charge in [0.15, 0.2) is 11.2 Å². The van der Waals surface area contributed by atoms with Crippen molar-refractivity contribution in [3.8, 4) is 22.8 Å². The van der Waals surface area contributed by atoms with Crippen LogP contribution in [0.3, 0.4) is 0 Å². The maximum Gasteiger partial charge on any atom is 0.446 e. The summed E-state index contributed by atoms with van der Waals surface area (Å²) in [5.41, 5.74) is -0.0224. The number of phenolic OH excluding ortho intramolecular Hbond substituents is 1. The maximum atomic E-state index is 12.3. The summed E-state index contributed by atoms with van der Waals surface area (Å²) in [7, 11) is -4.86. The maximum absolute atomic E-state index is 12.3. The molecule has 0 aliphatic heterocycles. The van der Waals surface area contributed by atoms with Gasteiger partial charge in [0, 0.05) is 23.8 Å². The normalized spacial score (nSPS) is 11.5. The quantitative estimate of drug-likeness (QED) is 0.707. The number of benzene rings is 2. The minimum absolute atomic E-state index is 0.0741. The minimum atomic E-state index is -4.86. The lowest BCUT2D eigenvalue weighted by molar-refractivity contribution is 0.387. The zero-order chi connectivity index (χ0) is 16.6. The van der Waals surface area contributed by atoms with Crippen molar-refractivity contribution in [2.24, 2.45) is 0 Å². The van der Waals surface area contributed by atoms with Crippen LogP contribution in [0, 0.1) is 0 Å². The third-order valence-corrected chi connectivity index (χ3v) is 3.42. The summed E-state index contributed by atoms with van der Waals surface area (Å²) in [5.74, 6) is -0.660. The van der Waals surface area contributed by atoms with Gasteiger partial charge in [-0.2, -0.15) is 8.42 Å². The van der Waals surface area contributed by atoms with E-state index in [4.69, 9.17) is 8.97 Å². The highest BCUT2D eigenvalue weighted by molar-refractivity contribution is 7.81. The molecule has 0 saturated carbocycles. The second kappa shape index (κ2) is 5.41. The number of phenols is 1. The molecule has 1 heterocycles. The second-order valence-corrected chi connectivity index (χ2v) is 5.69. The fourth-order valence-corrected chi connectivity index (χ4v) is 2.52. The van der Waals surface area contributed by atoms with Crippen LogP contribution < -0.4 is 9.61 Å². The molecule has 0 aliphatic carbocycles. The lowest BCUT2D eigenvalue weighted by Crippen LogP contribution is -2.10. The van der Waals surface area contributed by atoms with Gasteiger partial charge in [0.2, 0.25) is 0 Å². The molecule has 118 valence electrons.